The molecule has 1 unspecified atom stereocenters. The standard InChI is InChI=1S/C11H15N2O/c1-13-7-6-9(8-13)14-11-5-3-2-4-10(11)12/h2,4-5,9H,6-8,12H2,1H3. The molecule has 2 N–H and O–H groups in total. The molecule has 3 heteroatoms. The summed E-state index contributed by atoms with van der Waals surface area (Å²) in [6.45, 7) is 2.08. The maximum absolute atomic E-state index is 5.78. The van der Waals surface area contributed by atoms with Crippen molar-refractivity contribution in [1.29, 1.82) is 0 Å². The number of anilines is 1. The first-order chi connectivity index (χ1) is 6.75. The van der Waals surface area contributed by atoms with Crippen LogP contribution in [0.1, 0.15) is 6.42 Å². The van der Waals surface area contributed by atoms with E-state index in [1.807, 2.05) is 6.07 Å². The highest BCUT2D eigenvalue weighted by molar-refractivity contribution is 5.51. The average Bonchev–Trinajstić information content (AvgIpc) is 2.56. The number of nitrogens with two attached hydrogens (primary N) is 1. The molecule has 0 aromatic heterocycles. The molecule has 1 saturated heterocycles. The van der Waals surface area contributed by atoms with Crippen molar-refractivity contribution in [3.8, 4) is 5.75 Å². The van der Waals surface area contributed by atoms with Crippen LogP contribution in [0, 0.1) is 6.07 Å². The normalized spacial score (nSPS) is 22.5. The number of likely N-dealkylation sites (N-methyl/N-ethyl adjacent to an activating group) is 1. The summed E-state index contributed by atoms with van der Waals surface area (Å²) in [6, 6.07) is 8.38. The van der Waals surface area contributed by atoms with Gasteiger partial charge in [-0.15, -0.1) is 0 Å². The van der Waals surface area contributed by atoms with Gasteiger partial charge in [0.15, 0.2) is 0 Å². The predicted octanol–water partition coefficient (Wildman–Crippen LogP) is 1.15. The Labute approximate surface area is 84.5 Å². The van der Waals surface area contributed by atoms with Gasteiger partial charge in [-0.3, -0.25) is 0 Å². The average molecular weight is 191 g/mol. The molecule has 0 aliphatic carbocycles. The number of hydrogen-bond donors (Lipinski definition) is 1. The van der Waals surface area contributed by atoms with Crippen LogP contribution in [0.25, 0.3) is 0 Å². The largest absolute Gasteiger partial charge is 0.487 e. The molecule has 1 aliphatic heterocycles. The van der Waals surface area contributed by atoms with Crippen molar-refractivity contribution in [1.82, 2.24) is 4.90 Å². The third-order valence-corrected chi connectivity index (χ3v) is 2.50. The Bertz CT molecular complexity index is 314. The minimum atomic E-state index is 0.276. The van der Waals surface area contributed by atoms with Gasteiger partial charge >= 0.3 is 0 Å². The number of benzene rings is 1. The topological polar surface area (TPSA) is 38.5 Å². The monoisotopic (exact) mass is 191 g/mol. The molecule has 1 heterocycles. The van der Waals surface area contributed by atoms with E-state index in [1.165, 1.54) is 0 Å². The fourth-order valence-corrected chi connectivity index (χ4v) is 1.70. The second kappa shape index (κ2) is 3.88. The number of nitrogens with zero attached hydrogens (tertiary/aromatic N) is 1. The number of nitrogen functional groups attached to an aromatic ring is 1. The van der Waals surface area contributed by atoms with E-state index >= 15 is 0 Å². The summed E-state index contributed by atoms with van der Waals surface area (Å²) in [5.41, 5.74) is 6.47. The third kappa shape index (κ3) is 1.99. The van der Waals surface area contributed by atoms with Gasteiger partial charge in [0, 0.05) is 13.1 Å². The molecule has 0 spiro atoms. The summed E-state index contributed by atoms with van der Waals surface area (Å²) in [7, 11) is 2.10. The van der Waals surface area contributed by atoms with Gasteiger partial charge in [0.05, 0.1) is 5.69 Å². The Morgan fingerprint density at radius 2 is 2.50 bits per heavy atom. The van der Waals surface area contributed by atoms with Crippen molar-refractivity contribution >= 4 is 5.69 Å². The van der Waals surface area contributed by atoms with Crippen LogP contribution in [-0.4, -0.2) is 31.1 Å². The Hall–Kier alpha value is -1.22. The fourth-order valence-electron chi connectivity index (χ4n) is 1.70. The third-order valence-electron chi connectivity index (χ3n) is 2.50. The van der Waals surface area contributed by atoms with E-state index in [2.05, 4.69) is 18.0 Å². The van der Waals surface area contributed by atoms with Crippen LogP contribution in [0.4, 0.5) is 5.69 Å². The number of likely N-dealkylation sites (tertiary alicyclic amines) is 1. The molecule has 1 atom stereocenters. The highest BCUT2D eigenvalue weighted by atomic mass is 16.5. The highest BCUT2D eigenvalue weighted by Crippen LogP contribution is 2.23. The zero-order valence-corrected chi connectivity index (χ0v) is 8.36. The lowest BCUT2D eigenvalue weighted by Crippen LogP contribution is -2.21. The van der Waals surface area contributed by atoms with E-state index in [9.17, 15) is 0 Å². The van der Waals surface area contributed by atoms with Crippen molar-refractivity contribution in [3.05, 3.63) is 24.3 Å². The van der Waals surface area contributed by atoms with E-state index in [1.54, 1.807) is 12.1 Å². The van der Waals surface area contributed by atoms with Crippen LogP contribution >= 0.6 is 0 Å². The van der Waals surface area contributed by atoms with Crippen LogP contribution in [-0.2, 0) is 0 Å². The molecule has 0 bridgehead atoms. The molecule has 1 fully saturated rings. The van der Waals surface area contributed by atoms with Crippen LogP contribution in [0.15, 0.2) is 18.2 Å². The van der Waals surface area contributed by atoms with Gasteiger partial charge in [-0.2, -0.15) is 0 Å². The van der Waals surface area contributed by atoms with Crippen LogP contribution in [0.3, 0.4) is 0 Å². The lowest BCUT2D eigenvalue weighted by molar-refractivity contribution is 0.209. The Morgan fingerprint density at radius 3 is 3.14 bits per heavy atom. The molecule has 3 nitrogen and oxygen atoms in total. The molecule has 1 aromatic rings. The SMILES string of the molecule is CN1CCC(Oc2c[c]ccc2N)C1. The van der Waals surface area contributed by atoms with Gasteiger partial charge in [0.25, 0.3) is 0 Å². The number of ether oxygens (including phenoxy) is 1. The maximum Gasteiger partial charge on any atom is 0.143 e. The van der Waals surface area contributed by atoms with E-state index in [0.717, 1.165) is 25.3 Å². The lowest BCUT2D eigenvalue weighted by Gasteiger charge is -2.14. The molecular weight excluding hydrogens is 176 g/mol. The summed E-state index contributed by atoms with van der Waals surface area (Å²) < 4.78 is 5.78. The molecule has 0 saturated carbocycles. The van der Waals surface area contributed by atoms with E-state index < -0.39 is 0 Å². The van der Waals surface area contributed by atoms with E-state index in [0.29, 0.717) is 5.69 Å². The zero-order valence-electron chi connectivity index (χ0n) is 8.36. The highest BCUT2D eigenvalue weighted by Gasteiger charge is 2.21. The van der Waals surface area contributed by atoms with Gasteiger partial charge in [0.2, 0.25) is 0 Å². The van der Waals surface area contributed by atoms with Gasteiger partial charge in [-0.1, -0.05) is 6.07 Å². The fraction of sp³-hybridized carbons (Fsp3) is 0.455. The molecule has 1 aromatic carbocycles. The molecule has 0 amide bonds. The lowest BCUT2D eigenvalue weighted by atomic mass is 10.3. The van der Waals surface area contributed by atoms with Crippen molar-refractivity contribution in [2.75, 3.05) is 25.9 Å². The Morgan fingerprint density at radius 1 is 1.64 bits per heavy atom. The van der Waals surface area contributed by atoms with Gasteiger partial charge < -0.3 is 15.4 Å². The second-order valence-electron chi connectivity index (χ2n) is 3.75. The first kappa shape index (κ1) is 9.34. The molecule has 14 heavy (non-hydrogen) atoms. The summed E-state index contributed by atoms with van der Waals surface area (Å²) >= 11 is 0. The van der Waals surface area contributed by atoms with E-state index in [4.69, 9.17) is 10.5 Å². The van der Waals surface area contributed by atoms with Gasteiger partial charge in [-0.25, -0.2) is 0 Å². The van der Waals surface area contributed by atoms with Crippen LogP contribution in [0.2, 0.25) is 0 Å². The summed E-state index contributed by atoms with van der Waals surface area (Å²) in [4.78, 5) is 2.26. The van der Waals surface area contributed by atoms with Crippen molar-refractivity contribution in [2.45, 2.75) is 12.5 Å². The number of hydrogen-bond acceptors (Lipinski definition) is 3. The van der Waals surface area contributed by atoms with Gasteiger partial charge in [0.1, 0.15) is 11.9 Å². The zero-order chi connectivity index (χ0) is 9.97. The van der Waals surface area contributed by atoms with Crippen LogP contribution in [0.5, 0.6) is 5.75 Å². The predicted molar refractivity (Wildman–Crippen MR) is 56.2 cm³/mol. The van der Waals surface area contributed by atoms with Crippen molar-refractivity contribution < 1.29 is 4.74 Å². The Balaban J connectivity index is 2.01. The molecular formula is C11H15N2O. The first-order valence-corrected chi connectivity index (χ1v) is 4.86. The molecule has 2 rings (SSSR count). The molecule has 1 radical (unpaired) electrons. The Kier molecular flexibility index (Phi) is 2.59. The summed E-state index contributed by atoms with van der Waals surface area (Å²) in [5.74, 6) is 0.757. The second-order valence-corrected chi connectivity index (χ2v) is 3.75. The molecule has 75 valence electrons. The first-order valence-electron chi connectivity index (χ1n) is 4.86. The van der Waals surface area contributed by atoms with Crippen molar-refractivity contribution in [2.24, 2.45) is 0 Å². The summed E-state index contributed by atoms with van der Waals surface area (Å²) in [6.07, 6.45) is 1.35. The molecule has 1 aliphatic rings. The smallest absolute Gasteiger partial charge is 0.143 e. The maximum atomic E-state index is 5.78. The number of rotatable bonds is 2. The summed E-state index contributed by atoms with van der Waals surface area (Å²) in [5, 5.41) is 0. The van der Waals surface area contributed by atoms with Crippen LogP contribution < -0.4 is 10.5 Å². The van der Waals surface area contributed by atoms with E-state index in [-0.39, 0.29) is 6.10 Å². The minimum absolute atomic E-state index is 0.276. The quantitative estimate of drug-likeness (QED) is 0.713. The van der Waals surface area contributed by atoms with Crippen molar-refractivity contribution in [3.63, 3.8) is 0 Å². The van der Waals surface area contributed by atoms with Gasteiger partial charge in [-0.05, 0) is 31.7 Å². The minimum Gasteiger partial charge on any atom is -0.487 e.